The number of carbonyl (C=O) groups is 3. The lowest BCUT2D eigenvalue weighted by Crippen LogP contribution is -2.42. The first kappa shape index (κ1) is 17.2. The predicted octanol–water partition coefficient (Wildman–Crippen LogP) is 0.818. The van der Waals surface area contributed by atoms with Gasteiger partial charge in [0.05, 0.1) is 5.69 Å². The monoisotopic (exact) mass is 340 g/mol. The topological polar surface area (TPSA) is 137 Å². The summed E-state index contributed by atoms with van der Waals surface area (Å²) in [6.07, 6.45) is 4.29. The van der Waals surface area contributed by atoms with Gasteiger partial charge in [-0.3, -0.25) is 9.59 Å². The fraction of sp³-hybridized carbons (Fsp3) is 0.571. The van der Waals surface area contributed by atoms with E-state index >= 15 is 0 Å². The molecule has 1 fully saturated rings. The van der Waals surface area contributed by atoms with Gasteiger partial charge in [-0.05, 0) is 31.3 Å². The zero-order valence-corrected chi connectivity index (χ0v) is 13.6. The van der Waals surface area contributed by atoms with Gasteiger partial charge in [0.2, 0.25) is 0 Å². The van der Waals surface area contributed by atoms with Crippen LogP contribution >= 0.6 is 11.5 Å². The molecule has 1 saturated carbocycles. The van der Waals surface area contributed by atoms with Crippen LogP contribution in [0.2, 0.25) is 0 Å². The first-order valence-corrected chi connectivity index (χ1v) is 8.23. The summed E-state index contributed by atoms with van der Waals surface area (Å²) in [5.41, 5.74) is 10.5. The minimum atomic E-state index is -0.956. The Hall–Kier alpha value is -2.16. The van der Waals surface area contributed by atoms with Crippen LogP contribution in [0, 0.1) is 0 Å². The second kappa shape index (κ2) is 7.40. The Morgan fingerprint density at radius 2 is 1.96 bits per heavy atom. The highest BCUT2D eigenvalue weighted by Gasteiger charge is 2.26. The molecule has 0 saturated heterocycles. The Labute approximate surface area is 137 Å². The number of amides is 2. The summed E-state index contributed by atoms with van der Waals surface area (Å²) in [5, 5.41) is 2.88. The molecule has 126 valence electrons. The lowest BCUT2D eigenvalue weighted by atomic mass is 9.95. The van der Waals surface area contributed by atoms with Crippen LogP contribution in [-0.4, -0.2) is 34.3 Å². The molecule has 2 rings (SSSR count). The molecule has 1 aliphatic carbocycles. The van der Waals surface area contributed by atoms with Crippen LogP contribution < -0.4 is 16.8 Å². The van der Waals surface area contributed by atoms with Gasteiger partial charge in [0.25, 0.3) is 11.8 Å². The van der Waals surface area contributed by atoms with E-state index in [9.17, 15) is 14.4 Å². The molecule has 1 atom stereocenters. The fourth-order valence-corrected chi connectivity index (χ4v) is 3.14. The van der Waals surface area contributed by atoms with E-state index in [0.717, 1.165) is 37.2 Å². The lowest BCUT2D eigenvalue weighted by molar-refractivity contribution is -0.130. The summed E-state index contributed by atoms with van der Waals surface area (Å²) in [6, 6.07) is 0.132. The maximum Gasteiger partial charge on any atom is 0.352 e. The Morgan fingerprint density at radius 3 is 2.52 bits per heavy atom. The predicted molar refractivity (Wildman–Crippen MR) is 84.9 cm³/mol. The third-order valence-corrected chi connectivity index (χ3v) is 4.59. The van der Waals surface area contributed by atoms with Crippen molar-refractivity contribution >= 4 is 35.0 Å². The zero-order chi connectivity index (χ0) is 17.0. The number of nitrogens with zero attached hydrogens (tertiary/aromatic N) is 1. The van der Waals surface area contributed by atoms with Crippen molar-refractivity contribution in [1.82, 2.24) is 9.69 Å². The Kier molecular flexibility index (Phi) is 5.54. The third-order valence-electron chi connectivity index (χ3n) is 3.75. The summed E-state index contributed by atoms with van der Waals surface area (Å²) in [4.78, 5) is 35.2. The van der Waals surface area contributed by atoms with Crippen molar-refractivity contribution < 1.29 is 19.1 Å². The second-order valence-corrected chi connectivity index (χ2v) is 6.30. The molecule has 1 aromatic rings. The Morgan fingerprint density at radius 1 is 1.30 bits per heavy atom. The van der Waals surface area contributed by atoms with Gasteiger partial charge in [0.15, 0.2) is 16.7 Å². The normalized spacial score (nSPS) is 16.6. The van der Waals surface area contributed by atoms with Crippen LogP contribution in [-0.2, 0) is 9.53 Å². The smallest absolute Gasteiger partial charge is 0.352 e. The maximum absolute atomic E-state index is 12.1. The largest absolute Gasteiger partial charge is 0.448 e. The highest BCUT2D eigenvalue weighted by Crippen LogP contribution is 2.23. The number of hydrogen-bond donors (Lipinski definition) is 3. The average Bonchev–Trinajstić information content (AvgIpc) is 2.90. The quantitative estimate of drug-likeness (QED) is 0.678. The molecule has 23 heavy (non-hydrogen) atoms. The van der Waals surface area contributed by atoms with E-state index in [1.54, 1.807) is 0 Å². The van der Waals surface area contributed by atoms with Gasteiger partial charge < -0.3 is 21.5 Å². The van der Waals surface area contributed by atoms with Crippen molar-refractivity contribution in [3.05, 3.63) is 10.6 Å². The van der Waals surface area contributed by atoms with Crippen molar-refractivity contribution in [2.45, 2.75) is 51.2 Å². The highest BCUT2D eigenvalue weighted by atomic mass is 32.1. The molecule has 2 amide bonds. The minimum Gasteiger partial charge on any atom is -0.448 e. The number of esters is 1. The number of nitrogens with two attached hydrogens (primary N) is 2. The molecule has 0 radical (unpaired) electrons. The molecule has 0 aliphatic heterocycles. The number of rotatable bonds is 5. The van der Waals surface area contributed by atoms with Crippen molar-refractivity contribution in [2.75, 3.05) is 5.73 Å². The molecular weight excluding hydrogens is 320 g/mol. The van der Waals surface area contributed by atoms with Gasteiger partial charge in [-0.1, -0.05) is 19.3 Å². The molecule has 0 spiro atoms. The molecule has 0 bridgehead atoms. The molecule has 1 heterocycles. The first-order chi connectivity index (χ1) is 10.9. The number of carbonyl (C=O) groups excluding carboxylic acids is 3. The first-order valence-electron chi connectivity index (χ1n) is 7.46. The summed E-state index contributed by atoms with van der Waals surface area (Å²) >= 11 is 0.720. The summed E-state index contributed by atoms with van der Waals surface area (Å²) in [5.74, 6) is -1.96. The van der Waals surface area contributed by atoms with Gasteiger partial charge in [-0.25, -0.2) is 4.79 Å². The van der Waals surface area contributed by atoms with Crippen LogP contribution in [0.25, 0.3) is 0 Å². The van der Waals surface area contributed by atoms with E-state index in [-0.39, 0.29) is 28.2 Å². The molecule has 1 unspecified atom stereocenters. The number of aromatic nitrogens is 1. The van der Waals surface area contributed by atoms with Crippen molar-refractivity contribution in [1.29, 1.82) is 0 Å². The molecule has 1 aromatic heterocycles. The van der Waals surface area contributed by atoms with Crippen molar-refractivity contribution in [2.24, 2.45) is 5.73 Å². The highest BCUT2D eigenvalue weighted by molar-refractivity contribution is 7.08. The van der Waals surface area contributed by atoms with Crippen molar-refractivity contribution in [3.63, 3.8) is 0 Å². The Balaban J connectivity index is 1.93. The lowest BCUT2D eigenvalue weighted by Gasteiger charge is -2.24. The summed E-state index contributed by atoms with van der Waals surface area (Å²) < 4.78 is 8.82. The number of hydrogen-bond acceptors (Lipinski definition) is 7. The molecule has 5 N–H and O–H groups in total. The van der Waals surface area contributed by atoms with Crippen LogP contribution in [0.3, 0.4) is 0 Å². The van der Waals surface area contributed by atoms with E-state index in [1.165, 1.54) is 13.3 Å². The van der Waals surface area contributed by atoms with Gasteiger partial charge in [-0.15, -0.1) is 0 Å². The van der Waals surface area contributed by atoms with E-state index in [2.05, 4.69) is 9.69 Å². The number of primary amides is 1. The molecular formula is C14H20N4O4S. The zero-order valence-electron chi connectivity index (χ0n) is 12.8. The van der Waals surface area contributed by atoms with Gasteiger partial charge in [0.1, 0.15) is 0 Å². The van der Waals surface area contributed by atoms with Crippen LogP contribution in [0.1, 0.15) is 59.2 Å². The van der Waals surface area contributed by atoms with Crippen molar-refractivity contribution in [3.8, 4) is 0 Å². The molecule has 1 aliphatic rings. The van der Waals surface area contributed by atoms with Crippen LogP contribution in [0.4, 0.5) is 5.69 Å². The number of ether oxygens (including phenoxy) is 1. The van der Waals surface area contributed by atoms with Crippen LogP contribution in [0.5, 0.6) is 0 Å². The second-order valence-electron chi connectivity index (χ2n) is 5.53. The minimum absolute atomic E-state index is 0.0314. The molecule has 8 nitrogen and oxygen atoms in total. The SMILES string of the molecule is CC(OC(=O)c1snc(C(N)=O)c1N)C(=O)NC1CCCCC1. The summed E-state index contributed by atoms with van der Waals surface area (Å²) in [7, 11) is 0. The van der Waals surface area contributed by atoms with Gasteiger partial charge >= 0.3 is 5.97 Å². The van der Waals surface area contributed by atoms with Crippen LogP contribution in [0.15, 0.2) is 0 Å². The maximum atomic E-state index is 12.1. The average molecular weight is 340 g/mol. The number of nitrogens with one attached hydrogen (secondary N) is 1. The van der Waals surface area contributed by atoms with E-state index in [1.807, 2.05) is 0 Å². The fourth-order valence-electron chi connectivity index (χ4n) is 2.46. The van der Waals surface area contributed by atoms with E-state index < -0.39 is 18.0 Å². The van der Waals surface area contributed by atoms with E-state index in [0.29, 0.717) is 0 Å². The standard InChI is InChI=1S/C14H20N4O4S/c1-7(13(20)17-8-5-3-2-4-6-8)22-14(21)11-9(15)10(12(16)19)18-23-11/h7-8H,2-6,15H2,1H3,(H2,16,19)(H,17,20). The third kappa shape index (κ3) is 4.19. The van der Waals surface area contributed by atoms with Gasteiger partial charge in [0, 0.05) is 6.04 Å². The molecule has 0 aromatic carbocycles. The molecule has 9 heteroatoms. The number of nitrogen functional groups attached to an aromatic ring is 1. The van der Waals surface area contributed by atoms with E-state index in [4.69, 9.17) is 16.2 Å². The summed E-state index contributed by atoms with van der Waals surface area (Å²) in [6.45, 7) is 1.49. The number of anilines is 1. The van der Waals surface area contributed by atoms with Gasteiger partial charge in [-0.2, -0.15) is 4.37 Å². The Bertz CT molecular complexity index is 610.